The maximum atomic E-state index is 14.8. The minimum atomic E-state index is -2.09. The molecule has 2 saturated heterocycles. The minimum absolute atomic E-state index is 0.00339. The van der Waals surface area contributed by atoms with Crippen LogP contribution in [0.3, 0.4) is 0 Å². The van der Waals surface area contributed by atoms with E-state index in [2.05, 4.69) is 5.32 Å². The topological polar surface area (TPSA) is 259 Å². The fraction of sp³-hybridized carbons (Fsp3) is 0.243. The summed E-state index contributed by atoms with van der Waals surface area (Å²) >= 11 is 0. The number of carbonyl (C=O) groups excluding carboxylic acids is 8. The van der Waals surface area contributed by atoms with Crippen LogP contribution in [0.1, 0.15) is 97.3 Å². The highest BCUT2D eigenvalue weighted by Gasteiger charge is 2.58. The molecule has 21 heteroatoms. The van der Waals surface area contributed by atoms with Gasteiger partial charge in [0.05, 0.1) is 38.9 Å². The van der Waals surface area contributed by atoms with Gasteiger partial charge in [-0.2, -0.15) is 0 Å². The molecule has 2 fully saturated rings. The number of amides is 1. The summed E-state index contributed by atoms with van der Waals surface area (Å²) in [5.41, 5.74) is 1.17. The van der Waals surface area contributed by atoms with Gasteiger partial charge in [0.15, 0.2) is 43.1 Å². The molecule has 10 atom stereocenters. The number of esters is 7. The maximum absolute atomic E-state index is 14.8. The zero-order chi connectivity index (χ0) is 66.1. The number of benzene rings is 8. The van der Waals surface area contributed by atoms with E-state index in [0.29, 0.717) is 19.3 Å². The van der Waals surface area contributed by atoms with E-state index in [1.165, 1.54) is 84.9 Å². The largest absolute Gasteiger partial charge is 0.459 e. The molecule has 2 aliphatic heterocycles. The fourth-order valence-corrected chi connectivity index (χ4v) is 10.3. The summed E-state index contributed by atoms with van der Waals surface area (Å²) < 4.78 is 76.3. The van der Waals surface area contributed by atoms with Gasteiger partial charge in [-0.05, 0) is 110 Å². The molecule has 2 heterocycles. The Morgan fingerprint density at radius 1 is 0.316 bits per heavy atom. The van der Waals surface area contributed by atoms with Gasteiger partial charge < -0.3 is 62.2 Å². The predicted octanol–water partition coefficient (Wildman–Crippen LogP) is 10.8. The zero-order valence-electron chi connectivity index (χ0n) is 51.2. The third kappa shape index (κ3) is 18.9. The van der Waals surface area contributed by atoms with E-state index in [4.69, 9.17) is 56.8 Å². The van der Waals surface area contributed by atoms with Crippen molar-refractivity contribution in [1.82, 2.24) is 5.32 Å². The van der Waals surface area contributed by atoms with Gasteiger partial charge in [0.1, 0.15) is 38.1 Å². The Balaban J connectivity index is 1.06. The second-order valence-electron chi connectivity index (χ2n) is 21.7. The van der Waals surface area contributed by atoms with E-state index < -0.39 is 123 Å². The lowest BCUT2D eigenvalue weighted by Gasteiger charge is -2.48. The van der Waals surface area contributed by atoms with Crippen molar-refractivity contribution in [2.45, 2.75) is 87.3 Å². The Bertz CT molecular complexity index is 3780. The number of nitrogens with one attached hydrogen (secondary N) is 1. The van der Waals surface area contributed by atoms with E-state index in [9.17, 15) is 38.4 Å². The van der Waals surface area contributed by atoms with Crippen molar-refractivity contribution in [2.75, 3.05) is 26.4 Å². The molecule has 0 radical (unpaired) electrons. The molecule has 8 aromatic carbocycles. The Kier molecular flexibility index (Phi) is 24.1. The number of carbonyl (C=O) groups is 8. The summed E-state index contributed by atoms with van der Waals surface area (Å²) in [4.78, 5) is 114. The number of ether oxygens (including phenoxy) is 12. The molecule has 0 aliphatic carbocycles. The van der Waals surface area contributed by atoms with Crippen LogP contribution < -0.4 is 5.32 Å². The smallest absolute Gasteiger partial charge is 0.407 e. The Morgan fingerprint density at radius 2 is 0.632 bits per heavy atom. The molecule has 8 aromatic rings. The van der Waals surface area contributed by atoms with Gasteiger partial charge in [-0.25, -0.2) is 38.4 Å². The van der Waals surface area contributed by atoms with Crippen LogP contribution >= 0.6 is 0 Å². The number of hydrogen-bond donors (Lipinski definition) is 1. The SMILES string of the molecule is O=C(NCCCCCO[C@H]1O[C@H](COC(=O)c2ccccc2)[C@@H](O[C@@H]2O[C@H](COC(=O)c3ccccc3)C(OC(=O)c3ccccc3)[C@H](OC(=O)c3ccccc3)[C@H]2OC(=O)c2ccccc2)[C@H](OC(=O)c2ccccc2)[C@H]1OC(=O)c1ccccc1)OCc1ccccc1. The predicted molar refractivity (Wildman–Crippen MR) is 338 cm³/mol. The molecule has 0 saturated carbocycles. The molecule has 2 aliphatic rings. The van der Waals surface area contributed by atoms with Crippen LogP contribution in [0.25, 0.3) is 0 Å². The quantitative estimate of drug-likeness (QED) is 0.0285. The Hall–Kier alpha value is -10.8. The summed E-state index contributed by atoms with van der Waals surface area (Å²) in [5, 5.41) is 2.74. The van der Waals surface area contributed by atoms with E-state index in [0.717, 1.165) is 5.56 Å². The number of rotatable bonds is 27. The highest BCUT2D eigenvalue weighted by atomic mass is 16.8. The summed E-state index contributed by atoms with van der Waals surface area (Å²) in [6.07, 6.45) is -17.7. The van der Waals surface area contributed by atoms with Gasteiger partial charge in [-0.3, -0.25) is 0 Å². The van der Waals surface area contributed by atoms with Gasteiger partial charge in [-0.1, -0.05) is 158 Å². The van der Waals surface area contributed by atoms with Crippen molar-refractivity contribution in [3.63, 3.8) is 0 Å². The molecule has 0 aromatic heterocycles. The molecule has 95 heavy (non-hydrogen) atoms. The molecule has 0 spiro atoms. The van der Waals surface area contributed by atoms with Gasteiger partial charge >= 0.3 is 47.9 Å². The van der Waals surface area contributed by atoms with E-state index in [-0.39, 0.29) is 58.7 Å². The lowest BCUT2D eigenvalue weighted by molar-refractivity contribution is -0.356. The van der Waals surface area contributed by atoms with Crippen LogP contribution in [0.15, 0.2) is 243 Å². The van der Waals surface area contributed by atoms with Gasteiger partial charge in [-0.15, -0.1) is 0 Å². The van der Waals surface area contributed by atoms with Gasteiger partial charge in [0.2, 0.25) is 0 Å². The van der Waals surface area contributed by atoms with Gasteiger partial charge in [0, 0.05) is 13.2 Å². The van der Waals surface area contributed by atoms with Crippen molar-refractivity contribution in [3.8, 4) is 0 Å². The van der Waals surface area contributed by atoms with Gasteiger partial charge in [0.25, 0.3) is 0 Å². The van der Waals surface area contributed by atoms with Crippen LogP contribution in [-0.2, 0) is 63.4 Å². The van der Waals surface area contributed by atoms with Crippen molar-refractivity contribution in [2.24, 2.45) is 0 Å². The average Bonchev–Trinajstić information content (AvgIpc) is 0.773. The van der Waals surface area contributed by atoms with Crippen molar-refractivity contribution < 1.29 is 95.2 Å². The average molecular weight is 1290 g/mol. The summed E-state index contributed by atoms with van der Waals surface area (Å²) in [6, 6.07) is 64.0. The first kappa shape index (κ1) is 67.1. The molecular weight excluding hydrogens is 1220 g/mol. The first-order valence-corrected chi connectivity index (χ1v) is 30.7. The Labute approximate surface area is 547 Å². The molecular formula is C74H67NO20. The van der Waals surface area contributed by atoms with Crippen molar-refractivity contribution >= 4 is 47.9 Å². The molecule has 1 N–H and O–H groups in total. The first-order chi connectivity index (χ1) is 46.4. The summed E-state index contributed by atoms with van der Waals surface area (Å²) in [7, 11) is 0. The monoisotopic (exact) mass is 1290 g/mol. The highest BCUT2D eigenvalue weighted by Crippen LogP contribution is 2.37. The Morgan fingerprint density at radius 3 is 1.03 bits per heavy atom. The van der Waals surface area contributed by atoms with Crippen LogP contribution in [0, 0.1) is 0 Å². The normalized spacial score (nSPS) is 20.5. The molecule has 488 valence electrons. The summed E-state index contributed by atoms with van der Waals surface area (Å²) in [5.74, 6) is -6.61. The standard InChI is InChI=1S/C74H67NO20/c76-65(50-30-12-2-13-31-50)85-47-57-59(90-67(78)52-34-16-4-17-35-52)61(91-68(79)53-36-18-5-19-37-53)64(94-71(82)56-42-24-8-25-43-56)73(89-57)95-60-58(48-86-66(77)51-32-14-3-15-33-51)88-72(84-45-27-9-26-44-75-74(83)87-46-49-28-10-1-11-29-49)63(93-70(81)55-40-22-7-23-41-55)62(60)92-69(80)54-38-20-6-21-39-54/h1-8,10-25,28-43,57-64,72-73H,9,26-27,44-48H2,(H,75,83)/t57-,58-,59?,60-,61+,62+,63-,64-,72+,73+/m1/s1. The minimum Gasteiger partial charge on any atom is -0.459 e. The third-order valence-electron chi connectivity index (χ3n) is 15.1. The molecule has 10 rings (SSSR count). The van der Waals surface area contributed by atoms with Crippen molar-refractivity contribution in [3.05, 3.63) is 287 Å². The highest BCUT2D eigenvalue weighted by molar-refractivity contribution is 5.93. The molecule has 1 unspecified atom stereocenters. The third-order valence-corrected chi connectivity index (χ3v) is 15.1. The number of unbranched alkanes of at least 4 members (excludes halogenated alkanes) is 2. The van der Waals surface area contributed by atoms with Crippen LogP contribution in [0.5, 0.6) is 0 Å². The zero-order valence-corrected chi connectivity index (χ0v) is 51.2. The lowest BCUT2D eigenvalue weighted by atomic mass is 9.95. The molecule has 0 bridgehead atoms. The van der Waals surface area contributed by atoms with Crippen LogP contribution in [-0.4, -0.2) is 136 Å². The van der Waals surface area contributed by atoms with Crippen molar-refractivity contribution in [1.29, 1.82) is 0 Å². The lowest BCUT2D eigenvalue weighted by Crippen LogP contribution is -2.67. The van der Waals surface area contributed by atoms with E-state index in [1.54, 1.807) is 127 Å². The maximum Gasteiger partial charge on any atom is 0.407 e. The summed E-state index contributed by atoms with van der Waals surface area (Å²) in [6.45, 7) is -1.23. The molecule has 1 amide bonds. The fourth-order valence-electron chi connectivity index (χ4n) is 10.3. The van der Waals surface area contributed by atoms with E-state index in [1.807, 2.05) is 30.3 Å². The second kappa shape index (κ2) is 34.2. The second-order valence-corrected chi connectivity index (χ2v) is 21.7. The van der Waals surface area contributed by atoms with Crippen LogP contribution in [0.2, 0.25) is 0 Å². The molecule has 21 nitrogen and oxygen atoms in total. The number of alkyl carbamates (subject to hydrolysis) is 1. The number of hydrogen-bond acceptors (Lipinski definition) is 20. The first-order valence-electron chi connectivity index (χ1n) is 30.7. The van der Waals surface area contributed by atoms with Crippen LogP contribution in [0.4, 0.5) is 4.79 Å². The van der Waals surface area contributed by atoms with E-state index >= 15 is 0 Å².